The van der Waals surface area contributed by atoms with Crippen molar-refractivity contribution in [1.82, 2.24) is 15.0 Å². The molecule has 0 atom stereocenters. The summed E-state index contributed by atoms with van der Waals surface area (Å²) in [5.74, 6) is 0. The third-order valence-electron chi connectivity index (χ3n) is 2.60. The predicted molar refractivity (Wildman–Crippen MR) is 62.4 cm³/mol. The standard InChI is InChI=1S/C12H6N4O/c13-5-7-6-16-10-8(12(7)17)1-2-9-11(10)15-4-3-14-9/h1-4,6,14H. The van der Waals surface area contributed by atoms with Crippen molar-refractivity contribution in [3.63, 3.8) is 0 Å². The quantitative estimate of drug-likeness (QED) is 0.582. The molecule has 3 rings (SSSR count). The fourth-order valence-electron chi connectivity index (χ4n) is 1.79. The van der Waals surface area contributed by atoms with E-state index in [0.717, 1.165) is 5.52 Å². The molecule has 3 aromatic rings. The van der Waals surface area contributed by atoms with E-state index in [1.165, 1.54) is 6.20 Å². The second-order valence-electron chi connectivity index (χ2n) is 3.56. The van der Waals surface area contributed by atoms with Crippen LogP contribution in [0.15, 0.2) is 35.5 Å². The topological polar surface area (TPSA) is 82.4 Å². The number of hydrogen-bond donors (Lipinski definition) is 1. The Morgan fingerprint density at radius 3 is 2.94 bits per heavy atom. The van der Waals surface area contributed by atoms with Crippen molar-refractivity contribution in [3.05, 3.63) is 46.5 Å². The number of nitriles is 1. The summed E-state index contributed by atoms with van der Waals surface area (Å²) in [7, 11) is 0. The molecule has 0 bridgehead atoms. The van der Waals surface area contributed by atoms with Gasteiger partial charge in [-0.15, -0.1) is 0 Å². The molecular weight excluding hydrogens is 216 g/mol. The molecule has 80 valence electrons. The van der Waals surface area contributed by atoms with Crippen LogP contribution in [-0.2, 0) is 0 Å². The lowest BCUT2D eigenvalue weighted by molar-refractivity contribution is 1.28. The maximum Gasteiger partial charge on any atom is 0.207 e. The Labute approximate surface area is 95.4 Å². The number of H-pyrrole nitrogens is 1. The number of aromatic amines is 1. The number of fused-ring (bicyclic) bond motifs is 3. The SMILES string of the molecule is N#Cc1cnc2c(ccc3[nH]ccnc32)c1=O. The maximum atomic E-state index is 11.9. The second-order valence-corrected chi connectivity index (χ2v) is 3.56. The molecule has 0 saturated carbocycles. The van der Waals surface area contributed by atoms with E-state index >= 15 is 0 Å². The van der Waals surface area contributed by atoms with Gasteiger partial charge < -0.3 is 4.98 Å². The minimum atomic E-state index is -0.301. The first-order valence-electron chi connectivity index (χ1n) is 4.96. The number of nitrogens with zero attached hydrogens (tertiary/aromatic N) is 3. The number of rotatable bonds is 0. The van der Waals surface area contributed by atoms with Gasteiger partial charge in [0.05, 0.1) is 10.9 Å². The molecule has 1 N–H and O–H groups in total. The number of aromatic nitrogens is 3. The Morgan fingerprint density at radius 2 is 2.12 bits per heavy atom. The first kappa shape index (κ1) is 9.48. The Bertz CT molecular complexity index is 829. The monoisotopic (exact) mass is 222 g/mol. The fraction of sp³-hybridized carbons (Fsp3) is 0. The number of hydrogen-bond acceptors (Lipinski definition) is 4. The van der Waals surface area contributed by atoms with Gasteiger partial charge in [-0.2, -0.15) is 5.26 Å². The van der Waals surface area contributed by atoms with E-state index in [1.807, 2.05) is 6.07 Å². The molecule has 0 saturated heterocycles. The molecule has 0 amide bonds. The lowest BCUT2D eigenvalue weighted by Crippen LogP contribution is -2.07. The van der Waals surface area contributed by atoms with E-state index in [1.54, 1.807) is 24.5 Å². The Balaban J connectivity index is 2.59. The van der Waals surface area contributed by atoms with E-state index in [0.29, 0.717) is 16.4 Å². The minimum Gasteiger partial charge on any atom is -0.358 e. The Kier molecular flexibility index (Phi) is 1.89. The van der Waals surface area contributed by atoms with Crippen LogP contribution in [0.4, 0.5) is 0 Å². The van der Waals surface area contributed by atoms with Gasteiger partial charge in [-0.3, -0.25) is 14.8 Å². The first-order valence-corrected chi connectivity index (χ1v) is 4.96. The van der Waals surface area contributed by atoms with Crippen molar-refractivity contribution in [2.45, 2.75) is 0 Å². The second kappa shape index (κ2) is 3.39. The van der Waals surface area contributed by atoms with Crippen LogP contribution in [0.1, 0.15) is 5.56 Å². The molecule has 0 radical (unpaired) electrons. The average Bonchev–Trinajstić information content (AvgIpc) is 2.39. The van der Waals surface area contributed by atoms with Crippen LogP contribution in [0.2, 0.25) is 0 Å². The largest absolute Gasteiger partial charge is 0.358 e. The molecule has 0 spiro atoms. The number of pyridine rings is 1. The molecule has 0 aliphatic carbocycles. The minimum absolute atomic E-state index is 0.0526. The number of nitrogens with one attached hydrogen (secondary N) is 1. The third-order valence-corrected chi connectivity index (χ3v) is 2.60. The normalized spacial score (nSPS) is 10.5. The maximum absolute atomic E-state index is 11.9. The van der Waals surface area contributed by atoms with Crippen molar-refractivity contribution >= 4 is 21.9 Å². The average molecular weight is 222 g/mol. The molecule has 0 unspecified atom stereocenters. The first-order chi connectivity index (χ1) is 8.31. The molecule has 0 fully saturated rings. The summed E-state index contributed by atoms with van der Waals surface area (Å²) in [6.07, 6.45) is 4.60. The highest BCUT2D eigenvalue weighted by atomic mass is 16.1. The zero-order chi connectivity index (χ0) is 11.8. The summed E-state index contributed by atoms with van der Waals surface area (Å²) >= 11 is 0. The molecule has 2 heterocycles. The van der Waals surface area contributed by atoms with Crippen LogP contribution in [0, 0.1) is 11.3 Å². The van der Waals surface area contributed by atoms with Gasteiger partial charge in [0, 0.05) is 18.6 Å². The lowest BCUT2D eigenvalue weighted by Gasteiger charge is -2.01. The molecule has 0 aliphatic rings. The van der Waals surface area contributed by atoms with Gasteiger partial charge in [0.25, 0.3) is 0 Å². The van der Waals surface area contributed by atoms with Crippen molar-refractivity contribution in [3.8, 4) is 6.07 Å². The van der Waals surface area contributed by atoms with E-state index in [9.17, 15) is 4.79 Å². The van der Waals surface area contributed by atoms with Crippen molar-refractivity contribution < 1.29 is 0 Å². The van der Waals surface area contributed by atoms with Gasteiger partial charge in [0.2, 0.25) is 5.43 Å². The molecule has 17 heavy (non-hydrogen) atoms. The van der Waals surface area contributed by atoms with Gasteiger partial charge in [-0.25, -0.2) is 0 Å². The van der Waals surface area contributed by atoms with Crippen LogP contribution in [0.5, 0.6) is 0 Å². The summed E-state index contributed by atoms with van der Waals surface area (Å²) in [4.78, 5) is 23.3. The highest BCUT2D eigenvalue weighted by Gasteiger charge is 2.08. The van der Waals surface area contributed by atoms with Gasteiger partial charge in [-0.1, -0.05) is 0 Å². The summed E-state index contributed by atoms with van der Waals surface area (Å²) in [6, 6.07) is 5.25. The van der Waals surface area contributed by atoms with Crippen molar-refractivity contribution in [1.29, 1.82) is 5.26 Å². The third kappa shape index (κ3) is 1.28. The molecular formula is C12H6N4O. The van der Waals surface area contributed by atoms with Gasteiger partial charge >= 0.3 is 0 Å². The van der Waals surface area contributed by atoms with Crippen LogP contribution in [-0.4, -0.2) is 15.0 Å². The van der Waals surface area contributed by atoms with Crippen molar-refractivity contribution in [2.75, 3.05) is 0 Å². The Morgan fingerprint density at radius 1 is 1.24 bits per heavy atom. The zero-order valence-corrected chi connectivity index (χ0v) is 8.64. The molecule has 5 heteroatoms. The van der Waals surface area contributed by atoms with Gasteiger partial charge in [0.1, 0.15) is 22.7 Å². The van der Waals surface area contributed by atoms with E-state index in [4.69, 9.17) is 5.26 Å². The van der Waals surface area contributed by atoms with Crippen LogP contribution < -0.4 is 5.43 Å². The molecule has 2 aromatic heterocycles. The highest BCUT2D eigenvalue weighted by Crippen LogP contribution is 2.17. The van der Waals surface area contributed by atoms with Crippen LogP contribution >= 0.6 is 0 Å². The van der Waals surface area contributed by atoms with Crippen LogP contribution in [0.3, 0.4) is 0 Å². The van der Waals surface area contributed by atoms with Gasteiger partial charge in [-0.05, 0) is 12.1 Å². The van der Waals surface area contributed by atoms with E-state index in [-0.39, 0.29) is 11.0 Å². The smallest absolute Gasteiger partial charge is 0.207 e. The number of benzene rings is 1. The van der Waals surface area contributed by atoms with Crippen molar-refractivity contribution in [2.24, 2.45) is 0 Å². The highest BCUT2D eigenvalue weighted by molar-refractivity contribution is 6.01. The summed E-state index contributed by atoms with van der Waals surface area (Å²) < 4.78 is 0. The molecule has 0 aliphatic heterocycles. The predicted octanol–water partition coefficient (Wildman–Crippen LogP) is 1.34. The lowest BCUT2D eigenvalue weighted by atomic mass is 10.1. The van der Waals surface area contributed by atoms with Crippen LogP contribution in [0.25, 0.3) is 21.9 Å². The summed E-state index contributed by atoms with van der Waals surface area (Å²) in [6.45, 7) is 0. The Hall–Kier alpha value is -2.74. The fourth-order valence-corrected chi connectivity index (χ4v) is 1.79. The van der Waals surface area contributed by atoms with E-state index in [2.05, 4.69) is 15.0 Å². The summed E-state index contributed by atoms with van der Waals surface area (Å²) in [5, 5.41) is 9.20. The summed E-state index contributed by atoms with van der Waals surface area (Å²) in [5.41, 5.74) is 1.70. The van der Waals surface area contributed by atoms with Gasteiger partial charge in [0.15, 0.2) is 0 Å². The molecule has 1 aromatic carbocycles. The molecule has 5 nitrogen and oxygen atoms in total. The van der Waals surface area contributed by atoms with E-state index < -0.39 is 0 Å². The zero-order valence-electron chi connectivity index (χ0n) is 8.64.